The van der Waals surface area contributed by atoms with Gasteiger partial charge in [0.2, 0.25) is 0 Å². The van der Waals surface area contributed by atoms with Crippen LogP contribution in [0.4, 0.5) is 0 Å². The standard InChI is InChI=1S/2C4H8O4.2C4H9.Sn/c2*5-1-2-8-3-4(6)7;2*1-3-4-2;/h2*5H,1-3H2,(H,6,7);2*1,3-4H2,2H3;/q;;;;+2/p-2. The fourth-order valence-electron chi connectivity index (χ4n) is 2.16. The van der Waals surface area contributed by atoms with Crippen molar-refractivity contribution in [1.82, 2.24) is 0 Å². The first-order valence-corrected chi connectivity index (χ1v) is 15.2. The zero-order valence-electron chi connectivity index (χ0n) is 15.3. The van der Waals surface area contributed by atoms with E-state index in [9.17, 15) is 9.59 Å². The Bertz CT molecular complexity index is 330. The zero-order chi connectivity index (χ0) is 19.0. The molecule has 0 aromatic rings. The number of hydrogen-bond donors (Lipinski definition) is 2. The van der Waals surface area contributed by atoms with E-state index in [1.54, 1.807) is 0 Å². The Hall–Kier alpha value is -0.421. The average molecular weight is 471 g/mol. The Labute approximate surface area is 154 Å². The van der Waals surface area contributed by atoms with Crippen LogP contribution in [0.5, 0.6) is 0 Å². The molecule has 0 rings (SSSR count). The Morgan fingerprint density at radius 1 is 0.800 bits per heavy atom. The molecule has 0 radical (unpaired) electrons. The number of carbonyl (C=O) groups excluding carboxylic acids is 2. The van der Waals surface area contributed by atoms with Crippen LogP contribution in [0.1, 0.15) is 39.5 Å². The number of hydrogen-bond acceptors (Lipinski definition) is 8. The van der Waals surface area contributed by atoms with E-state index in [1.807, 2.05) is 13.8 Å². The summed E-state index contributed by atoms with van der Waals surface area (Å²) >= 11 is -3.95. The second kappa shape index (κ2) is 15.8. The minimum atomic E-state index is -3.95. The predicted molar refractivity (Wildman–Crippen MR) is 93.2 cm³/mol. The summed E-state index contributed by atoms with van der Waals surface area (Å²) in [6, 6.07) is 0. The third-order valence-electron chi connectivity index (χ3n) is 3.33. The van der Waals surface area contributed by atoms with E-state index in [2.05, 4.69) is 0 Å². The van der Waals surface area contributed by atoms with Gasteiger partial charge in [0.05, 0.1) is 0 Å². The van der Waals surface area contributed by atoms with Crippen molar-refractivity contribution in [2.75, 3.05) is 39.6 Å². The van der Waals surface area contributed by atoms with Crippen LogP contribution < -0.4 is 0 Å². The van der Waals surface area contributed by atoms with Crippen molar-refractivity contribution in [3.8, 4) is 0 Å². The van der Waals surface area contributed by atoms with Crippen molar-refractivity contribution >= 4 is 31.1 Å². The van der Waals surface area contributed by atoms with E-state index in [-0.39, 0.29) is 39.6 Å². The summed E-state index contributed by atoms with van der Waals surface area (Å²) in [5.74, 6) is -1.11. The molecular formula is C16H32O8Sn. The molecule has 148 valence electrons. The molecule has 0 bridgehead atoms. The predicted octanol–water partition coefficient (Wildman–Crippen LogP) is 1.13. The summed E-state index contributed by atoms with van der Waals surface area (Å²) in [6.45, 7) is 3.26. The molecule has 0 spiro atoms. The van der Waals surface area contributed by atoms with E-state index >= 15 is 0 Å². The number of aliphatic hydroxyl groups is 2. The first kappa shape index (κ1) is 24.6. The molecule has 2 N–H and O–H groups in total. The Morgan fingerprint density at radius 3 is 1.52 bits per heavy atom. The van der Waals surface area contributed by atoms with Crippen LogP contribution in [0, 0.1) is 0 Å². The average Bonchev–Trinajstić information content (AvgIpc) is 2.58. The molecule has 0 aliphatic rings. The molecule has 0 unspecified atom stereocenters. The minimum absolute atomic E-state index is 0.0519. The fraction of sp³-hybridized carbons (Fsp3) is 0.875. The Kier molecular flexibility index (Phi) is 15.5. The number of carbonyl (C=O) groups is 2. The van der Waals surface area contributed by atoms with Crippen molar-refractivity contribution in [3.63, 3.8) is 0 Å². The van der Waals surface area contributed by atoms with Gasteiger partial charge in [-0.1, -0.05) is 0 Å². The van der Waals surface area contributed by atoms with Gasteiger partial charge in [0, 0.05) is 0 Å². The van der Waals surface area contributed by atoms with Gasteiger partial charge >= 0.3 is 155 Å². The number of unbranched alkanes of at least 4 members (excludes halogenated alkanes) is 2. The van der Waals surface area contributed by atoms with Crippen molar-refractivity contribution < 1.29 is 35.4 Å². The van der Waals surface area contributed by atoms with Gasteiger partial charge < -0.3 is 0 Å². The van der Waals surface area contributed by atoms with Crippen LogP contribution in [0.15, 0.2) is 0 Å². The number of aliphatic hydroxyl groups excluding tert-OH is 2. The Balaban J connectivity index is 4.93. The van der Waals surface area contributed by atoms with E-state index in [0.717, 1.165) is 25.7 Å². The molecule has 0 atom stereocenters. The SMILES string of the molecule is CCC[CH2][Sn]([CH2]CCC)([O]C(=O)COCCO)[O]C(=O)COCCO. The summed E-state index contributed by atoms with van der Waals surface area (Å²) in [5.41, 5.74) is 0. The van der Waals surface area contributed by atoms with Gasteiger partial charge in [-0.25, -0.2) is 0 Å². The molecule has 9 heteroatoms. The zero-order valence-corrected chi connectivity index (χ0v) is 18.2. The summed E-state index contributed by atoms with van der Waals surface area (Å²) < 4.78 is 22.6. The normalized spacial score (nSPS) is 11.4. The molecule has 0 aromatic carbocycles. The molecule has 0 aliphatic carbocycles. The van der Waals surface area contributed by atoms with Gasteiger partial charge in [0.1, 0.15) is 0 Å². The van der Waals surface area contributed by atoms with Crippen molar-refractivity contribution in [3.05, 3.63) is 0 Å². The van der Waals surface area contributed by atoms with Crippen LogP contribution >= 0.6 is 0 Å². The molecule has 0 aliphatic heterocycles. The van der Waals surface area contributed by atoms with Crippen LogP contribution in [0.2, 0.25) is 8.87 Å². The van der Waals surface area contributed by atoms with Crippen LogP contribution in [0.3, 0.4) is 0 Å². The molecule has 0 amide bonds. The van der Waals surface area contributed by atoms with Crippen molar-refractivity contribution in [2.24, 2.45) is 0 Å². The summed E-state index contributed by atoms with van der Waals surface area (Å²) in [7, 11) is 0. The van der Waals surface area contributed by atoms with Crippen LogP contribution in [0.25, 0.3) is 0 Å². The molecular weight excluding hydrogens is 439 g/mol. The first-order chi connectivity index (χ1) is 12.0. The summed E-state index contributed by atoms with van der Waals surface area (Å²) in [5, 5.41) is 17.4. The van der Waals surface area contributed by atoms with Crippen molar-refractivity contribution in [2.45, 2.75) is 48.4 Å². The fourth-order valence-corrected chi connectivity index (χ4v) is 12.0. The van der Waals surface area contributed by atoms with E-state index in [1.165, 1.54) is 0 Å². The van der Waals surface area contributed by atoms with Gasteiger partial charge in [-0.3, -0.25) is 0 Å². The van der Waals surface area contributed by atoms with Gasteiger partial charge in [0.25, 0.3) is 0 Å². The first-order valence-electron chi connectivity index (χ1n) is 8.84. The molecule has 0 aromatic heterocycles. The topological polar surface area (TPSA) is 112 Å². The second-order valence-electron chi connectivity index (χ2n) is 5.62. The molecule has 8 nitrogen and oxygen atoms in total. The summed E-state index contributed by atoms with van der Waals surface area (Å²) in [4.78, 5) is 24.1. The monoisotopic (exact) mass is 472 g/mol. The quantitative estimate of drug-likeness (QED) is 0.255. The molecule has 0 saturated heterocycles. The maximum atomic E-state index is 12.1. The van der Waals surface area contributed by atoms with E-state index in [4.69, 9.17) is 25.8 Å². The Morgan fingerprint density at radius 2 is 1.20 bits per heavy atom. The van der Waals surface area contributed by atoms with Gasteiger partial charge in [-0.05, 0) is 0 Å². The molecule has 0 fully saturated rings. The maximum absolute atomic E-state index is 12.1. The van der Waals surface area contributed by atoms with E-state index in [0.29, 0.717) is 8.87 Å². The summed E-state index contributed by atoms with van der Waals surface area (Å²) in [6.07, 6.45) is 3.44. The third kappa shape index (κ3) is 12.5. The second-order valence-corrected chi connectivity index (χ2v) is 14.8. The van der Waals surface area contributed by atoms with Crippen molar-refractivity contribution in [1.29, 1.82) is 0 Å². The van der Waals surface area contributed by atoms with Crippen LogP contribution in [-0.2, 0) is 25.2 Å². The molecule has 0 heterocycles. The third-order valence-corrected chi connectivity index (χ3v) is 13.1. The number of ether oxygens (including phenoxy) is 2. The van der Waals surface area contributed by atoms with E-state index < -0.39 is 31.1 Å². The number of rotatable bonds is 16. The molecule has 0 saturated carbocycles. The van der Waals surface area contributed by atoms with Gasteiger partial charge in [-0.15, -0.1) is 0 Å². The van der Waals surface area contributed by atoms with Gasteiger partial charge in [0.15, 0.2) is 0 Å². The van der Waals surface area contributed by atoms with Gasteiger partial charge in [-0.2, -0.15) is 0 Å². The van der Waals surface area contributed by atoms with Crippen LogP contribution in [-0.4, -0.2) is 81.0 Å². The molecule has 25 heavy (non-hydrogen) atoms.